The maximum absolute atomic E-state index is 10.4. The Morgan fingerprint density at radius 2 is 1.86 bits per heavy atom. The van der Waals surface area contributed by atoms with Gasteiger partial charge >= 0.3 is 0 Å². The van der Waals surface area contributed by atoms with E-state index in [-0.39, 0.29) is 10.5 Å². The summed E-state index contributed by atoms with van der Waals surface area (Å²) in [6, 6.07) is 0. The first kappa shape index (κ1) is 26.0. The van der Waals surface area contributed by atoms with Gasteiger partial charge in [-0.15, -0.1) is 0 Å². The fourth-order valence-electron chi connectivity index (χ4n) is 3.44. The molecule has 1 atom stereocenters. The van der Waals surface area contributed by atoms with Crippen LogP contribution in [0.4, 0.5) is 0 Å². The molecule has 0 saturated carbocycles. The maximum Gasteiger partial charge on any atom is 0.192 e. The van der Waals surface area contributed by atoms with Crippen LogP contribution in [0.1, 0.15) is 81.1 Å². The molecule has 0 saturated heterocycles. The van der Waals surface area contributed by atoms with E-state index in [1.165, 1.54) is 30.4 Å². The summed E-state index contributed by atoms with van der Waals surface area (Å²) in [5, 5.41) is 10.7. The summed E-state index contributed by atoms with van der Waals surface area (Å²) in [4.78, 5) is 0. The molecule has 0 aromatic rings. The molecule has 29 heavy (non-hydrogen) atoms. The molecule has 0 amide bonds. The Morgan fingerprint density at radius 3 is 2.41 bits per heavy atom. The molecular formula is C26H44O2Si. The van der Waals surface area contributed by atoms with Crippen LogP contribution in [0.3, 0.4) is 0 Å². The average Bonchev–Trinajstić information content (AvgIpc) is 2.57. The van der Waals surface area contributed by atoms with Crippen molar-refractivity contribution in [3.8, 4) is 11.8 Å². The van der Waals surface area contributed by atoms with Crippen molar-refractivity contribution in [2.45, 2.75) is 105 Å². The standard InChI is InChI=1S/C26H44O2Si/c1-20(17-19-28-29(9,10)25(4,5)6)13-16-24(27)22(3)14-15-23-21(2)12-11-18-26(23,7)8/h14,17,24,27H,11-12,15,18-19H2,1-10H3/b20-17-,22-14+. The second kappa shape index (κ2) is 10.3. The summed E-state index contributed by atoms with van der Waals surface area (Å²) in [6.07, 6.45) is 8.11. The van der Waals surface area contributed by atoms with E-state index in [9.17, 15) is 5.11 Å². The first-order valence-electron chi connectivity index (χ1n) is 11.0. The third-order valence-corrected chi connectivity index (χ3v) is 11.3. The van der Waals surface area contributed by atoms with Gasteiger partial charge in [0.05, 0.1) is 6.61 Å². The molecule has 0 aromatic heterocycles. The van der Waals surface area contributed by atoms with E-state index < -0.39 is 14.4 Å². The lowest BCUT2D eigenvalue weighted by molar-refractivity contribution is 0.267. The minimum absolute atomic E-state index is 0.208. The molecule has 1 aliphatic rings. The van der Waals surface area contributed by atoms with Gasteiger partial charge in [0, 0.05) is 0 Å². The summed E-state index contributed by atoms with van der Waals surface area (Å²) in [7, 11) is -1.73. The van der Waals surface area contributed by atoms with Gasteiger partial charge in [-0.2, -0.15) is 0 Å². The Bertz CT molecular complexity index is 718. The predicted octanol–water partition coefficient (Wildman–Crippen LogP) is 7.18. The first-order chi connectivity index (χ1) is 13.2. The smallest absolute Gasteiger partial charge is 0.192 e. The normalized spacial score (nSPS) is 19.7. The van der Waals surface area contributed by atoms with Crippen LogP contribution in [0.25, 0.3) is 0 Å². The lowest BCUT2D eigenvalue weighted by Gasteiger charge is -2.35. The molecule has 0 fully saturated rings. The molecular weight excluding hydrogens is 372 g/mol. The van der Waals surface area contributed by atoms with Crippen LogP contribution in [-0.2, 0) is 4.43 Å². The van der Waals surface area contributed by atoms with Crippen molar-refractivity contribution >= 4 is 8.32 Å². The molecule has 1 N–H and O–H groups in total. The molecule has 0 aliphatic heterocycles. The van der Waals surface area contributed by atoms with Crippen LogP contribution in [-0.4, -0.2) is 26.1 Å². The molecule has 3 heteroatoms. The largest absolute Gasteiger partial charge is 0.413 e. The fourth-order valence-corrected chi connectivity index (χ4v) is 4.37. The second-order valence-corrected chi connectivity index (χ2v) is 15.6. The van der Waals surface area contributed by atoms with E-state index in [4.69, 9.17) is 4.43 Å². The maximum atomic E-state index is 10.4. The molecule has 0 radical (unpaired) electrons. The Morgan fingerprint density at radius 1 is 1.24 bits per heavy atom. The first-order valence-corrected chi connectivity index (χ1v) is 13.9. The lowest BCUT2D eigenvalue weighted by Crippen LogP contribution is -2.40. The molecule has 1 aliphatic carbocycles. The zero-order valence-corrected chi connectivity index (χ0v) is 21.6. The minimum Gasteiger partial charge on any atom is -0.413 e. The van der Waals surface area contributed by atoms with Gasteiger partial charge in [0.2, 0.25) is 0 Å². The van der Waals surface area contributed by atoms with Crippen molar-refractivity contribution in [2.75, 3.05) is 6.61 Å². The van der Waals surface area contributed by atoms with E-state index in [1.54, 1.807) is 0 Å². The summed E-state index contributed by atoms with van der Waals surface area (Å²) < 4.78 is 6.17. The minimum atomic E-state index is -1.73. The summed E-state index contributed by atoms with van der Waals surface area (Å²) in [5.74, 6) is 6.08. The van der Waals surface area contributed by atoms with E-state index in [2.05, 4.69) is 72.6 Å². The molecule has 0 spiro atoms. The zero-order valence-electron chi connectivity index (χ0n) is 20.6. The third kappa shape index (κ3) is 7.93. The number of aliphatic hydroxyl groups excluding tert-OH is 1. The highest BCUT2D eigenvalue weighted by Crippen LogP contribution is 2.42. The monoisotopic (exact) mass is 416 g/mol. The Balaban J connectivity index is 2.70. The SMILES string of the molecule is CC1=C(C/C=C(\C)C(O)C#C/C(C)=C\CO[Si](C)(C)C(C)(C)C)C(C)(C)CCC1. The Labute approximate surface area is 181 Å². The highest BCUT2D eigenvalue weighted by molar-refractivity contribution is 6.74. The van der Waals surface area contributed by atoms with E-state index >= 15 is 0 Å². The van der Waals surface area contributed by atoms with Gasteiger partial charge in [-0.05, 0) is 87.2 Å². The van der Waals surface area contributed by atoms with Crippen LogP contribution in [0, 0.1) is 17.3 Å². The number of hydrogen-bond acceptors (Lipinski definition) is 2. The topological polar surface area (TPSA) is 29.5 Å². The fraction of sp³-hybridized carbons (Fsp3) is 0.692. The van der Waals surface area contributed by atoms with Crippen LogP contribution in [0.5, 0.6) is 0 Å². The van der Waals surface area contributed by atoms with Crippen LogP contribution >= 0.6 is 0 Å². The van der Waals surface area contributed by atoms with Crippen molar-refractivity contribution in [1.29, 1.82) is 0 Å². The molecule has 0 bridgehead atoms. The van der Waals surface area contributed by atoms with Gasteiger partial charge in [-0.3, -0.25) is 0 Å². The van der Waals surface area contributed by atoms with Gasteiger partial charge in [-0.25, -0.2) is 0 Å². The third-order valence-electron chi connectivity index (χ3n) is 6.79. The highest BCUT2D eigenvalue weighted by Gasteiger charge is 2.36. The molecule has 1 rings (SSSR count). The van der Waals surface area contributed by atoms with Crippen LogP contribution < -0.4 is 0 Å². The second-order valence-electron chi connectivity index (χ2n) is 10.8. The van der Waals surface area contributed by atoms with Gasteiger partial charge < -0.3 is 9.53 Å². The quantitative estimate of drug-likeness (QED) is 0.282. The summed E-state index contributed by atoms with van der Waals surface area (Å²) >= 11 is 0. The molecule has 0 aromatic carbocycles. The van der Waals surface area contributed by atoms with Gasteiger partial charge in [0.15, 0.2) is 8.32 Å². The number of rotatable bonds is 6. The van der Waals surface area contributed by atoms with Crippen molar-refractivity contribution in [3.05, 3.63) is 34.4 Å². The highest BCUT2D eigenvalue weighted by atomic mass is 28.4. The van der Waals surface area contributed by atoms with Crippen LogP contribution in [0.15, 0.2) is 34.4 Å². The summed E-state index contributed by atoms with van der Waals surface area (Å²) in [5.41, 5.74) is 5.19. The Hall–Kier alpha value is -1.08. The van der Waals surface area contributed by atoms with E-state index in [0.717, 1.165) is 17.6 Å². The van der Waals surface area contributed by atoms with Gasteiger partial charge in [0.25, 0.3) is 0 Å². The molecule has 1 unspecified atom stereocenters. The van der Waals surface area contributed by atoms with Crippen LogP contribution in [0.2, 0.25) is 18.1 Å². The molecule has 0 heterocycles. The predicted molar refractivity (Wildman–Crippen MR) is 129 cm³/mol. The molecule has 2 nitrogen and oxygen atoms in total. The van der Waals surface area contributed by atoms with Crippen molar-refractivity contribution in [3.63, 3.8) is 0 Å². The lowest BCUT2D eigenvalue weighted by atomic mass is 9.71. The van der Waals surface area contributed by atoms with Gasteiger partial charge in [0.1, 0.15) is 6.10 Å². The average molecular weight is 417 g/mol. The Kier molecular flexibility index (Phi) is 9.21. The van der Waals surface area contributed by atoms with Crippen molar-refractivity contribution in [2.24, 2.45) is 5.41 Å². The zero-order chi connectivity index (χ0) is 22.5. The van der Waals surface area contributed by atoms with E-state index in [1.807, 2.05) is 19.9 Å². The van der Waals surface area contributed by atoms with Crippen molar-refractivity contribution < 1.29 is 9.53 Å². The van der Waals surface area contributed by atoms with Crippen molar-refractivity contribution in [1.82, 2.24) is 0 Å². The summed E-state index contributed by atoms with van der Waals surface area (Å²) in [6.45, 7) is 22.7. The number of hydrogen-bond donors (Lipinski definition) is 1. The number of aliphatic hydroxyl groups is 1. The van der Waals surface area contributed by atoms with Gasteiger partial charge in [-0.1, -0.05) is 63.7 Å². The number of allylic oxidation sites excluding steroid dienone is 4. The van der Waals surface area contributed by atoms with E-state index in [0.29, 0.717) is 6.61 Å². The molecule has 164 valence electrons.